The summed E-state index contributed by atoms with van der Waals surface area (Å²) in [5, 5.41) is 45.2. The second kappa shape index (κ2) is 13.0. The van der Waals surface area contributed by atoms with E-state index in [1.807, 2.05) is 0 Å². The zero-order chi connectivity index (χ0) is 37.0. The molecule has 3 aliphatic rings. The molecule has 5 rings (SSSR count). The lowest BCUT2D eigenvalue weighted by Crippen LogP contribution is -2.68. The monoisotopic (exact) mass is 774 g/mol. The molecule has 3 atom stereocenters. The zero-order valence-corrected chi connectivity index (χ0v) is 28.5. The van der Waals surface area contributed by atoms with Crippen molar-refractivity contribution >= 4 is 98.6 Å². The molecule has 1 unspecified atom stereocenters. The molecule has 0 spiro atoms. The van der Waals surface area contributed by atoms with Gasteiger partial charge in [-0.2, -0.15) is 0 Å². The zero-order valence-electron chi connectivity index (χ0n) is 25.4. The number of phenols is 2. The number of hydrogen-bond acceptors (Lipinski definition) is 15. The van der Waals surface area contributed by atoms with E-state index in [1.165, 1.54) is 19.2 Å². The fraction of sp³-hybridized carbons (Fsp3) is 0.346. The van der Waals surface area contributed by atoms with E-state index in [9.17, 15) is 54.0 Å². The molecule has 4 heterocycles. The summed E-state index contributed by atoms with van der Waals surface area (Å²) in [6.45, 7) is 1.24. The number of Topliss-reactive ketones (excluding diaryl/α,β-unsaturated/α-hetero) is 1. The fourth-order valence-electron chi connectivity index (χ4n) is 4.86. The Morgan fingerprint density at radius 1 is 1.12 bits per heavy atom. The van der Waals surface area contributed by atoms with Crippen molar-refractivity contribution in [2.24, 2.45) is 5.16 Å². The van der Waals surface area contributed by atoms with Crippen LogP contribution in [0.15, 0.2) is 16.6 Å². The molecule has 20 nitrogen and oxygen atoms in total. The van der Waals surface area contributed by atoms with Gasteiger partial charge < -0.3 is 41.2 Å². The Labute approximate surface area is 297 Å². The molecule has 50 heavy (non-hydrogen) atoms. The van der Waals surface area contributed by atoms with E-state index < -0.39 is 103 Å². The van der Waals surface area contributed by atoms with Crippen LogP contribution >= 0.6 is 46.3 Å². The van der Waals surface area contributed by atoms with E-state index in [1.54, 1.807) is 0 Å². The molecule has 24 heteroatoms. The number of amides is 5. The number of phenolic OH excluding ortho intramolecular Hbond substituents is 2. The minimum atomic E-state index is -2.10. The summed E-state index contributed by atoms with van der Waals surface area (Å²) >= 11 is 13.2. The molecule has 3 saturated heterocycles. The highest BCUT2D eigenvalue weighted by atomic mass is 35.5. The van der Waals surface area contributed by atoms with Crippen LogP contribution in [0.5, 0.6) is 11.5 Å². The van der Waals surface area contributed by atoms with E-state index in [-0.39, 0.29) is 23.9 Å². The number of aromatic nitrogens is 1. The number of hydrazine groups is 1. The molecule has 3 aliphatic heterocycles. The third kappa shape index (κ3) is 6.14. The highest BCUT2D eigenvalue weighted by Gasteiger charge is 2.66. The molecule has 0 radical (unpaired) electrons. The van der Waals surface area contributed by atoms with Crippen LogP contribution in [0.4, 0.5) is 9.93 Å². The Morgan fingerprint density at radius 3 is 2.40 bits per heavy atom. The molecular weight excluding hydrogens is 751 g/mol. The minimum absolute atomic E-state index is 0.0409. The van der Waals surface area contributed by atoms with Crippen LogP contribution in [0.25, 0.3) is 0 Å². The lowest BCUT2D eigenvalue weighted by atomic mass is 10.1. The number of rotatable bonds is 11. The van der Waals surface area contributed by atoms with Crippen LogP contribution in [0, 0.1) is 0 Å². The number of ketones is 1. The lowest BCUT2D eigenvalue weighted by molar-refractivity contribution is -0.161. The van der Waals surface area contributed by atoms with E-state index in [0.717, 1.165) is 27.2 Å². The van der Waals surface area contributed by atoms with Crippen LogP contribution in [-0.2, 0) is 28.8 Å². The number of nitrogens with one attached hydrogen (secondary N) is 2. The number of nitrogens with zero attached hydrogens (tertiary/aromatic N) is 5. The number of β-lactam (4-membered cyclic amide) rings is 1. The second-order valence-corrected chi connectivity index (χ2v) is 14.3. The summed E-state index contributed by atoms with van der Waals surface area (Å²) in [6.07, 6.45) is 0. The van der Waals surface area contributed by atoms with Crippen LogP contribution in [0.3, 0.4) is 0 Å². The van der Waals surface area contributed by atoms with Gasteiger partial charge in [-0.1, -0.05) is 40.1 Å². The third-order valence-electron chi connectivity index (χ3n) is 7.62. The van der Waals surface area contributed by atoms with Crippen molar-refractivity contribution in [3.63, 3.8) is 0 Å². The maximum Gasteiger partial charge on any atom is 0.350 e. The summed E-state index contributed by atoms with van der Waals surface area (Å²) in [7, 11) is 0. The van der Waals surface area contributed by atoms with Crippen molar-refractivity contribution in [1.82, 2.24) is 30.5 Å². The number of nitrogen functional groups attached to an aromatic ring is 1. The summed E-state index contributed by atoms with van der Waals surface area (Å²) < 4.78 is 0. The van der Waals surface area contributed by atoms with E-state index in [0.29, 0.717) is 16.8 Å². The van der Waals surface area contributed by atoms with Crippen LogP contribution < -0.4 is 16.5 Å². The Morgan fingerprint density at radius 2 is 1.80 bits per heavy atom. The number of benzene rings is 1. The lowest BCUT2D eigenvalue weighted by Gasteiger charge is -2.41. The molecule has 0 aliphatic carbocycles. The van der Waals surface area contributed by atoms with Crippen molar-refractivity contribution in [2.45, 2.75) is 35.7 Å². The molecular formula is C26H24Cl2N8O12S2. The molecule has 5 amide bonds. The van der Waals surface area contributed by atoms with Gasteiger partial charge in [-0.05, 0) is 19.9 Å². The molecule has 0 saturated carbocycles. The number of hydrogen-bond donors (Lipinski definition) is 7. The minimum Gasteiger partial charge on any atom is -0.503 e. The van der Waals surface area contributed by atoms with Gasteiger partial charge >= 0.3 is 23.9 Å². The molecule has 3 fully saturated rings. The number of fused-ring (bicyclic) bond motifs is 1. The normalized spacial score (nSPS) is 21.8. The summed E-state index contributed by atoms with van der Waals surface area (Å²) in [5.41, 5.74) is 4.65. The van der Waals surface area contributed by atoms with Gasteiger partial charge in [0, 0.05) is 11.9 Å². The number of carboxylic acids is 2. The summed E-state index contributed by atoms with van der Waals surface area (Å²) in [5.74, 6) is -9.22. The van der Waals surface area contributed by atoms with Gasteiger partial charge in [-0.25, -0.2) is 24.4 Å². The van der Waals surface area contributed by atoms with Gasteiger partial charge in [0.25, 0.3) is 11.7 Å². The number of carbonyl (C=O) groups excluding carboxylic acids is 5. The fourth-order valence-corrected chi connectivity index (χ4v) is 7.47. The Balaban J connectivity index is 1.31. The Bertz CT molecular complexity index is 1910. The average molecular weight is 776 g/mol. The SMILES string of the molecule is CC(C)(O/N=C(\C(=O)N[C@@H]1C(=O)N2C[C@@](C(=O)O)(N3CCN(NC(=O)C(=O)c4cc(Cl)c(O)c(O)c4Cl)C3=O)SC12)c1csc(N)n1)C(=O)O. The van der Waals surface area contributed by atoms with Gasteiger partial charge in [-0.3, -0.25) is 29.5 Å². The number of halogens is 2. The van der Waals surface area contributed by atoms with Crippen molar-refractivity contribution in [3.8, 4) is 11.5 Å². The molecule has 1 aromatic carbocycles. The highest BCUT2D eigenvalue weighted by molar-refractivity contribution is 8.02. The Hall–Kier alpha value is -5.06. The number of aliphatic carboxylic acids is 2. The third-order valence-corrected chi connectivity index (χ3v) is 10.6. The van der Waals surface area contributed by atoms with Crippen molar-refractivity contribution < 1.29 is 58.8 Å². The van der Waals surface area contributed by atoms with Crippen molar-refractivity contribution in [3.05, 3.63) is 32.7 Å². The van der Waals surface area contributed by atoms with Crippen LogP contribution in [-0.4, -0.2) is 129 Å². The number of nitrogens with two attached hydrogens (primary N) is 1. The maximum atomic E-state index is 13.4. The number of thiazole rings is 1. The van der Waals surface area contributed by atoms with Gasteiger partial charge in [0.05, 0.1) is 28.7 Å². The quantitative estimate of drug-likeness (QED) is 0.0390. The van der Waals surface area contributed by atoms with E-state index in [2.05, 4.69) is 20.9 Å². The number of anilines is 1. The van der Waals surface area contributed by atoms with E-state index >= 15 is 0 Å². The van der Waals surface area contributed by atoms with Gasteiger partial charge in [0.15, 0.2) is 22.3 Å². The Kier molecular flexibility index (Phi) is 9.42. The molecule has 2 aromatic rings. The summed E-state index contributed by atoms with van der Waals surface area (Å²) in [4.78, 5) is 98.5. The van der Waals surface area contributed by atoms with Gasteiger partial charge in [-0.15, -0.1) is 11.3 Å². The van der Waals surface area contributed by atoms with Gasteiger partial charge in [0.2, 0.25) is 16.4 Å². The van der Waals surface area contributed by atoms with E-state index in [4.69, 9.17) is 33.8 Å². The number of aromatic hydroxyl groups is 2. The summed E-state index contributed by atoms with van der Waals surface area (Å²) in [6, 6.07) is -1.55. The number of oxime groups is 1. The van der Waals surface area contributed by atoms with Crippen LogP contribution in [0.2, 0.25) is 10.0 Å². The largest absolute Gasteiger partial charge is 0.503 e. The van der Waals surface area contributed by atoms with Crippen molar-refractivity contribution in [2.75, 3.05) is 25.4 Å². The number of carbonyl (C=O) groups is 7. The molecule has 8 N–H and O–H groups in total. The molecule has 0 bridgehead atoms. The molecule has 1 aromatic heterocycles. The standard InChI is InChI=1S/C26H24Cl2N8O12S2/c1-25(2,21(43)44)48-33-12(10-6-49-23(29)30-10)17(40)31-13-19(42)34-7-26(22(45)46,50-20(13)34)35-3-4-36(24(35)47)32-18(41)14(37)8-5-9(27)15(38)16(39)11(8)28/h5-6,13,20,38-39H,3-4,7H2,1-2H3,(H2,29,30)(H,31,40)(H,32,41)(H,43,44)(H,45,46)/b33-12-/t13-,20?,26-/m1/s1. The second-order valence-electron chi connectivity index (χ2n) is 11.2. The van der Waals surface area contributed by atoms with Crippen LogP contribution in [0.1, 0.15) is 29.9 Å². The first kappa shape index (κ1) is 36.2. The predicted octanol–water partition coefficient (Wildman–Crippen LogP) is -0.140. The predicted molar refractivity (Wildman–Crippen MR) is 172 cm³/mol. The molecule has 266 valence electrons. The topological polar surface area (TPSA) is 295 Å². The van der Waals surface area contributed by atoms with Crippen molar-refractivity contribution in [1.29, 1.82) is 0 Å². The average Bonchev–Trinajstić information content (AvgIpc) is 3.76. The maximum absolute atomic E-state index is 13.4. The first-order valence-electron chi connectivity index (χ1n) is 13.9. The number of thioether (sulfide) groups is 1. The van der Waals surface area contributed by atoms with Gasteiger partial charge in [0.1, 0.15) is 17.1 Å². The first-order chi connectivity index (χ1) is 23.3. The highest BCUT2D eigenvalue weighted by Crippen LogP contribution is 2.49. The smallest absolute Gasteiger partial charge is 0.350 e. The number of carboxylic acid groups (broad SMARTS) is 2. The first-order valence-corrected chi connectivity index (χ1v) is 16.4. The number of urea groups is 1.